The van der Waals surface area contributed by atoms with Gasteiger partial charge in [0.15, 0.2) is 5.76 Å². The Hall–Kier alpha value is -1.32. The first-order valence-corrected chi connectivity index (χ1v) is 4.95. The standard InChI is InChI=1S/C10H13NO3/c12-10(13)9-6-8(11-14-9)7-4-2-1-3-5-7/h6-7H,1-5H2,(H,12,13)/p-1. The fraction of sp³-hybridized carbons (Fsp3) is 0.600. The van der Waals surface area contributed by atoms with Crippen molar-refractivity contribution < 1.29 is 14.4 Å². The van der Waals surface area contributed by atoms with Crippen LogP contribution in [0.2, 0.25) is 0 Å². The van der Waals surface area contributed by atoms with Crippen molar-refractivity contribution in [2.75, 3.05) is 0 Å². The number of carbonyl (C=O) groups excluding carboxylic acids is 1. The molecule has 1 saturated carbocycles. The highest BCUT2D eigenvalue weighted by molar-refractivity contribution is 5.82. The minimum absolute atomic E-state index is 0.162. The molecular weight excluding hydrogens is 182 g/mol. The highest BCUT2D eigenvalue weighted by Crippen LogP contribution is 2.31. The molecule has 76 valence electrons. The van der Waals surface area contributed by atoms with Gasteiger partial charge >= 0.3 is 0 Å². The highest BCUT2D eigenvalue weighted by atomic mass is 16.5. The van der Waals surface area contributed by atoms with Gasteiger partial charge < -0.3 is 14.4 Å². The minimum Gasteiger partial charge on any atom is -0.541 e. The summed E-state index contributed by atoms with van der Waals surface area (Å²) in [7, 11) is 0. The summed E-state index contributed by atoms with van der Waals surface area (Å²) in [5.74, 6) is -1.08. The van der Waals surface area contributed by atoms with Crippen LogP contribution in [0.25, 0.3) is 0 Å². The predicted molar refractivity (Wildman–Crippen MR) is 46.7 cm³/mol. The lowest BCUT2D eigenvalue weighted by atomic mass is 9.87. The molecule has 4 heteroatoms. The molecule has 0 saturated heterocycles. The second kappa shape index (κ2) is 3.82. The van der Waals surface area contributed by atoms with Gasteiger partial charge in [0.25, 0.3) is 0 Å². The van der Waals surface area contributed by atoms with Crippen molar-refractivity contribution in [3.8, 4) is 0 Å². The topological polar surface area (TPSA) is 66.2 Å². The van der Waals surface area contributed by atoms with Gasteiger partial charge in [-0.05, 0) is 12.8 Å². The SMILES string of the molecule is O=C([O-])c1cc(C2CCCCC2)no1. The fourth-order valence-electron chi connectivity index (χ4n) is 1.98. The number of aromatic carboxylic acids is 1. The van der Waals surface area contributed by atoms with Crippen LogP contribution in [0.5, 0.6) is 0 Å². The molecule has 0 aliphatic heterocycles. The van der Waals surface area contributed by atoms with Gasteiger partial charge in [0.1, 0.15) is 5.97 Å². The normalized spacial score (nSPS) is 18.3. The van der Waals surface area contributed by atoms with Gasteiger partial charge in [-0.2, -0.15) is 0 Å². The lowest BCUT2D eigenvalue weighted by Crippen LogP contribution is -2.21. The monoisotopic (exact) mass is 194 g/mol. The summed E-state index contributed by atoms with van der Waals surface area (Å²) in [4.78, 5) is 10.5. The zero-order valence-corrected chi connectivity index (χ0v) is 7.86. The van der Waals surface area contributed by atoms with Crippen LogP contribution in [0.15, 0.2) is 10.6 Å². The summed E-state index contributed by atoms with van der Waals surface area (Å²) in [6, 6.07) is 1.49. The van der Waals surface area contributed by atoms with Gasteiger partial charge in [-0.1, -0.05) is 24.4 Å². The molecule has 0 unspecified atom stereocenters. The molecular formula is C10H12NO3-. The number of hydrogen-bond acceptors (Lipinski definition) is 4. The van der Waals surface area contributed by atoms with Gasteiger partial charge in [0.2, 0.25) is 0 Å². The van der Waals surface area contributed by atoms with Crippen molar-refractivity contribution in [3.63, 3.8) is 0 Å². The first kappa shape index (κ1) is 9.24. The van der Waals surface area contributed by atoms with Crippen molar-refractivity contribution >= 4 is 5.97 Å². The zero-order chi connectivity index (χ0) is 9.97. The van der Waals surface area contributed by atoms with Crippen LogP contribution in [-0.2, 0) is 0 Å². The molecule has 1 aromatic heterocycles. The number of carboxylic acids is 1. The van der Waals surface area contributed by atoms with Crippen molar-refractivity contribution in [2.24, 2.45) is 0 Å². The van der Waals surface area contributed by atoms with Gasteiger partial charge in [0, 0.05) is 12.0 Å². The molecule has 1 heterocycles. The van der Waals surface area contributed by atoms with Crippen LogP contribution in [0.1, 0.15) is 54.3 Å². The molecule has 14 heavy (non-hydrogen) atoms. The molecule has 2 rings (SSSR count). The third-order valence-corrected chi connectivity index (χ3v) is 2.75. The first-order valence-electron chi connectivity index (χ1n) is 4.95. The summed E-state index contributed by atoms with van der Waals surface area (Å²) in [6.45, 7) is 0. The van der Waals surface area contributed by atoms with Crippen LogP contribution in [0, 0.1) is 0 Å². The largest absolute Gasteiger partial charge is 0.541 e. The summed E-state index contributed by atoms with van der Waals surface area (Å²) in [5.41, 5.74) is 0.768. The molecule has 1 aromatic rings. The molecule has 1 fully saturated rings. The highest BCUT2D eigenvalue weighted by Gasteiger charge is 2.19. The number of carboxylic acid groups (broad SMARTS) is 1. The van der Waals surface area contributed by atoms with E-state index in [0.29, 0.717) is 5.92 Å². The molecule has 0 spiro atoms. The Labute approximate surface area is 81.9 Å². The molecule has 0 atom stereocenters. The Morgan fingerprint density at radius 3 is 2.71 bits per heavy atom. The Balaban J connectivity index is 2.11. The molecule has 0 bridgehead atoms. The summed E-state index contributed by atoms with van der Waals surface area (Å²) in [5, 5.41) is 14.2. The summed E-state index contributed by atoms with van der Waals surface area (Å²) in [6.07, 6.45) is 5.82. The van der Waals surface area contributed by atoms with Crippen LogP contribution in [0.3, 0.4) is 0 Å². The second-order valence-corrected chi connectivity index (χ2v) is 3.74. The van der Waals surface area contributed by atoms with Crippen LogP contribution in [-0.4, -0.2) is 11.1 Å². The van der Waals surface area contributed by atoms with Crippen molar-refractivity contribution in [1.29, 1.82) is 0 Å². The number of hydrogen-bond donors (Lipinski definition) is 0. The Morgan fingerprint density at radius 1 is 1.43 bits per heavy atom. The van der Waals surface area contributed by atoms with Crippen molar-refractivity contribution in [1.82, 2.24) is 5.16 Å². The van der Waals surface area contributed by atoms with Crippen LogP contribution in [0.4, 0.5) is 0 Å². The third kappa shape index (κ3) is 1.78. The second-order valence-electron chi connectivity index (χ2n) is 3.74. The van der Waals surface area contributed by atoms with Crippen LogP contribution >= 0.6 is 0 Å². The minimum atomic E-state index is -1.29. The quantitative estimate of drug-likeness (QED) is 0.706. The first-order chi connectivity index (χ1) is 6.77. The Kier molecular flexibility index (Phi) is 2.52. The maximum absolute atomic E-state index is 10.5. The Morgan fingerprint density at radius 2 is 2.14 bits per heavy atom. The van der Waals surface area contributed by atoms with Gasteiger partial charge in [-0.15, -0.1) is 0 Å². The fourth-order valence-corrected chi connectivity index (χ4v) is 1.98. The Bertz CT molecular complexity index is 326. The molecule has 1 aliphatic carbocycles. The van der Waals surface area contributed by atoms with Gasteiger partial charge in [-0.3, -0.25) is 0 Å². The molecule has 4 nitrogen and oxygen atoms in total. The van der Waals surface area contributed by atoms with E-state index >= 15 is 0 Å². The van der Waals surface area contributed by atoms with Crippen molar-refractivity contribution in [2.45, 2.75) is 38.0 Å². The van der Waals surface area contributed by atoms with Gasteiger partial charge in [-0.25, -0.2) is 0 Å². The smallest absolute Gasteiger partial charge is 0.182 e. The number of carbonyl (C=O) groups is 1. The summed E-state index contributed by atoms with van der Waals surface area (Å²) < 4.78 is 4.67. The number of nitrogens with zero attached hydrogens (tertiary/aromatic N) is 1. The predicted octanol–water partition coefficient (Wildman–Crippen LogP) is 1.09. The van der Waals surface area contributed by atoms with E-state index in [0.717, 1.165) is 18.5 Å². The van der Waals surface area contributed by atoms with Gasteiger partial charge in [0.05, 0.1) is 5.69 Å². The molecule has 0 amide bonds. The molecule has 0 radical (unpaired) electrons. The van der Waals surface area contributed by atoms with E-state index in [1.54, 1.807) is 0 Å². The van der Waals surface area contributed by atoms with E-state index in [-0.39, 0.29) is 5.76 Å². The van der Waals surface area contributed by atoms with E-state index in [2.05, 4.69) is 9.68 Å². The lowest BCUT2D eigenvalue weighted by Gasteiger charge is -2.18. The maximum atomic E-state index is 10.5. The zero-order valence-electron chi connectivity index (χ0n) is 7.86. The van der Waals surface area contributed by atoms with E-state index in [4.69, 9.17) is 0 Å². The number of rotatable bonds is 2. The maximum Gasteiger partial charge on any atom is 0.182 e. The van der Waals surface area contributed by atoms with E-state index in [9.17, 15) is 9.90 Å². The van der Waals surface area contributed by atoms with Crippen molar-refractivity contribution in [3.05, 3.63) is 17.5 Å². The van der Waals surface area contributed by atoms with E-state index < -0.39 is 5.97 Å². The molecule has 1 aliphatic rings. The number of aromatic nitrogens is 1. The lowest BCUT2D eigenvalue weighted by molar-refractivity contribution is -0.257. The third-order valence-electron chi connectivity index (χ3n) is 2.75. The average molecular weight is 194 g/mol. The molecule has 0 aromatic carbocycles. The van der Waals surface area contributed by atoms with E-state index in [1.807, 2.05) is 0 Å². The summed E-state index contributed by atoms with van der Waals surface area (Å²) >= 11 is 0. The van der Waals surface area contributed by atoms with E-state index in [1.165, 1.54) is 25.3 Å². The molecule has 0 N–H and O–H groups in total. The average Bonchev–Trinajstić information content (AvgIpc) is 2.68. The van der Waals surface area contributed by atoms with Crippen LogP contribution < -0.4 is 5.11 Å².